The summed E-state index contributed by atoms with van der Waals surface area (Å²) in [4.78, 5) is 28.3. The lowest BCUT2D eigenvalue weighted by Crippen LogP contribution is -2.40. The Labute approximate surface area is 247 Å². The summed E-state index contributed by atoms with van der Waals surface area (Å²) in [7, 11) is -2.62. The van der Waals surface area contributed by atoms with Gasteiger partial charge in [0.1, 0.15) is 5.75 Å². The molecule has 1 atom stereocenters. The van der Waals surface area contributed by atoms with Crippen LogP contribution in [0.15, 0.2) is 108 Å². The molecule has 9 heteroatoms. The van der Waals surface area contributed by atoms with Crippen molar-refractivity contribution in [1.29, 1.82) is 0 Å². The molecule has 1 amide bonds. The van der Waals surface area contributed by atoms with Crippen molar-refractivity contribution in [1.82, 2.24) is 4.90 Å². The lowest BCUT2D eigenvalue weighted by atomic mass is 10.1. The minimum Gasteiger partial charge on any atom is -0.495 e. The van der Waals surface area contributed by atoms with Gasteiger partial charge in [-0.25, -0.2) is 13.2 Å². The van der Waals surface area contributed by atoms with E-state index in [1.165, 1.54) is 32.2 Å². The standard InChI is InChI=1S/C33H34N2O6S/c1-24-18-19-28(42(38,39)34-30-16-10-11-17-31(30)40-3)22-29(24)33(37)41-25(2)32(36)35(23-27-14-8-5-9-15-27)21-20-26-12-6-4-7-13-26/h4-19,22,25,34H,20-21,23H2,1-3H3. The van der Waals surface area contributed by atoms with E-state index in [4.69, 9.17) is 9.47 Å². The number of ether oxygens (including phenoxy) is 2. The molecule has 0 heterocycles. The maximum absolute atomic E-state index is 13.5. The number of nitrogens with one attached hydrogen (secondary N) is 1. The fourth-order valence-electron chi connectivity index (χ4n) is 4.43. The molecule has 4 aromatic carbocycles. The van der Waals surface area contributed by atoms with Crippen molar-refractivity contribution < 1.29 is 27.5 Å². The molecule has 4 rings (SSSR count). The van der Waals surface area contributed by atoms with Gasteiger partial charge in [-0.15, -0.1) is 0 Å². The van der Waals surface area contributed by atoms with E-state index in [0.717, 1.165) is 11.1 Å². The van der Waals surface area contributed by atoms with Crippen LogP contribution < -0.4 is 9.46 Å². The highest BCUT2D eigenvalue weighted by atomic mass is 32.2. The zero-order valence-electron chi connectivity index (χ0n) is 23.8. The number of benzene rings is 4. The molecule has 8 nitrogen and oxygen atoms in total. The zero-order chi connectivity index (χ0) is 30.1. The average molecular weight is 587 g/mol. The molecule has 1 N–H and O–H groups in total. The van der Waals surface area contributed by atoms with E-state index in [0.29, 0.717) is 30.8 Å². The van der Waals surface area contributed by atoms with Gasteiger partial charge in [0.2, 0.25) is 0 Å². The third kappa shape index (κ3) is 7.76. The van der Waals surface area contributed by atoms with Crippen molar-refractivity contribution in [3.05, 3.63) is 125 Å². The number of nitrogens with zero attached hydrogens (tertiary/aromatic N) is 1. The van der Waals surface area contributed by atoms with Crippen LogP contribution >= 0.6 is 0 Å². The highest BCUT2D eigenvalue weighted by molar-refractivity contribution is 7.92. The SMILES string of the molecule is COc1ccccc1NS(=O)(=O)c1ccc(C)c(C(=O)OC(C)C(=O)N(CCc2ccccc2)Cc2ccccc2)c1. The summed E-state index contributed by atoms with van der Waals surface area (Å²) < 4.78 is 39.7. The van der Waals surface area contributed by atoms with E-state index < -0.39 is 22.1 Å². The Morgan fingerprint density at radius 2 is 1.48 bits per heavy atom. The van der Waals surface area contributed by atoms with Gasteiger partial charge < -0.3 is 14.4 Å². The van der Waals surface area contributed by atoms with Gasteiger partial charge in [0.05, 0.1) is 23.3 Å². The lowest BCUT2D eigenvalue weighted by molar-refractivity contribution is -0.140. The van der Waals surface area contributed by atoms with Crippen LogP contribution in [0.5, 0.6) is 5.75 Å². The third-order valence-electron chi connectivity index (χ3n) is 6.76. The van der Waals surface area contributed by atoms with Crippen molar-refractivity contribution in [2.75, 3.05) is 18.4 Å². The molecule has 0 aromatic heterocycles. The summed E-state index contributed by atoms with van der Waals surface area (Å²) in [5, 5.41) is 0. The number of esters is 1. The number of carbonyl (C=O) groups excluding carboxylic acids is 2. The van der Waals surface area contributed by atoms with Crippen molar-refractivity contribution in [2.45, 2.75) is 37.8 Å². The molecule has 0 aliphatic heterocycles. The van der Waals surface area contributed by atoms with Crippen LogP contribution in [0.3, 0.4) is 0 Å². The van der Waals surface area contributed by atoms with Crippen LogP contribution in [0.4, 0.5) is 5.69 Å². The summed E-state index contributed by atoms with van der Waals surface area (Å²) >= 11 is 0. The Hall–Kier alpha value is -4.63. The van der Waals surface area contributed by atoms with Crippen molar-refractivity contribution in [3.63, 3.8) is 0 Å². The topological polar surface area (TPSA) is 102 Å². The number of amides is 1. The summed E-state index contributed by atoms with van der Waals surface area (Å²) in [6.07, 6.45) is -0.457. The van der Waals surface area contributed by atoms with Gasteiger partial charge in [-0.05, 0) is 61.2 Å². The summed E-state index contributed by atoms with van der Waals surface area (Å²) in [6, 6.07) is 30.2. The largest absolute Gasteiger partial charge is 0.495 e. The smallest absolute Gasteiger partial charge is 0.339 e. The molecule has 4 aromatic rings. The number of rotatable bonds is 12. The van der Waals surface area contributed by atoms with Gasteiger partial charge in [-0.3, -0.25) is 9.52 Å². The maximum atomic E-state index is 13.5. The molecule has 0 aliphatic rings. The number of aryl methyl sites for hydroxylation is 1. The second kappa shape index (κ2) is 13.8. The molecule has 0 fully saturated rings. The average Bonchev–Trinajstić information content (AvgIpc) is 3.00. The maximum Gasteiger partial charge on any atom is 0.339 e. The first-order valence-corrected chi connectivity index (χ1v) is 15.0. The number of carbonyl (C=O) groups is 2. The quantitative estimate of drug-likeness (QED) is 0.216. The molecule has 218 valence electrons. The van der Waals surface area contributed by atoms with Gasteiger partial charge in [0, 0.05) is 13.1 Å². The van der Waals surface area contributed by atoms with E-state index in [2.05, 4.69) is 4.72 Å². The van der Waals surface area contributed by atoms with Crippen LogP contribution in [-0.4, -0.2) is 45.0 Å². The van der Waals surface area contributed by atoms with Gasteiger partial charge in [-0.2, -0.15) is 0 Å². The van der Waals surface area contributed by atoms with Crippen LogP contribution in [0, 0.1) is 6.92 Å². The fraction of sp³-hybridized carbons (Fsp3) is 0.212. The van der Waals surface area contributed by atoms with Gasteiger partial charge in [-0.1, -0.05) is 78.9 Å². The van der Waals surface area contributed by atoms with E-state index in [9.17, 15) is 18.0 Å². The number of hydrogen-bond acceptors (Lipinski definition) is 6. The Balaban J connectivity index is 1.50. The Bertz CT molecular complexity index is 1630. The molecule has 0 bridgehead atoms. The molecule has 42 heavy (non-hydrogen) atoms. The Morgan fingerprint density at radius 3 is 2.14 bits per heavy atom. The zero-order valence-corrected chi connectivity index (χ0v) is 24.6. The molecule has 0 saturated carbocycles. The van der Waals surface area contributed by atoms with Gasteiger partial charge in [0.15, 0.2) is 6.10 Å². The normalized spacial score (nSPS) is 11.8. The third-order valence-corrected chi connectivity index (χ3v) is 8.13. The van der Waals surface area contributed by atoms with E-state index in [1.807, 2.05) is 60.7 Å². The van der Waals surface area contributed by atoms with Crippen LogP contribution in [0.2, 0.25) is 0 Å². The molecule has 0 spiro atoms. The van der Waals surface area contributed by atoms with Crippen molar-refractivity contribution in [3.8, 4) is 5.75 Å². The van der Waals surface area contributed by atoms with E-state index >= 15 is 0 Å². The second-order valence-electron chi connectivity index (χ2n) is 9.81. The summed E-state index contributed by atoms with van der Waals surface area (Å²) in [5.41, 5.74) is 2.87. The summed E-state index contributed by atoms with van der Waals surface area (Å²) in [5.74, 6) is -0.778. The highest BCUT2D eigenvalue weighted by Gasteiger charge is 2.26. The lowest BCUT2D eigenvalue weighted by Gasteiger charge is -2.26. The first kappa shape index (κ1) is 30.3. The van der Waals surface area contributed by atoms with Crippen LogP contribution in [0.25, 0.3) is 0 Å². The van der Waals surface area contributed by atoms with Crippen molar-refractivity contribution >= 4 is 27.6 Å². The molecule has 1 unspecified atom stereocenters. The van der Waals surface area contributed by atoms with Gasteiger partial charge >= 0.3 is 5.97 Å². The Morgan fingerprint density at radius 1 is 0.857 bits per heavy atom. The molecular weight excluding hydrogens is 552 g/mol. The minimum absolute atomic E-state index is 0.0523. The fourth-order valence-corrected chi connectivity index (χ4v) is 5.53. The number of methoxy groups -OCH3 is 1. The minimum atomic E-state index is -4.06. The number of para-hydroxylation sites is 2. The molecule has 0 aliphatic carbocycles. The molecular formula is C33H34N2O6S. The first-order chi connectivity index (χ1) is 20.2. The van der Waals surface area contributed by atoms with E-state index in [-0.39, 0.29) is 22.1 Å². The highest BCUT2D eigenvalue weighted by Crippen LogP contribution is 2.27. The molecule has 0 radical (unpaired) electrons. The van der Waals surface area contributed by atoms with Gasteiger partial charge in [0.25, 0.3) is 15.9 Å². The predicted molar refractivity (Wildman–Crippen MR) is 162 cm³/mol. The second-order valence-corrected chi connectivity index (χ2v) is 11.5. The summed E-state index contributed by atoms with van der Waals surface area (Å²) in [6.45, 7) is 3.99. The Kier molecular flexibility index (Phi) is 9.98. The number of anilines is 1. The van der Waals surface area contributed by atoms with E-state index in [1.54, 1.807) is 36.1 Å². The van der Waals surface area contributed by atoms with Crippen LogP contribution in [0.1, 0.15) is 34.0 Å². The van der Waals surface area contributed by atoms with Crippen LogP contribution in [-0.2, 0) is 32.5 Å². The molecule has 0 saturated heterocycles. The predicted octanol–water partition coefficient (Wildman–Crippen LogP) is 5.62. The monoisotopic (exact) mass is 586 g/mol. The number of sulfonamides is 1. The van der Waals surface area contributed by atoms with Crippen molar-refractivity contribution in [2.24, 2.45) is 0 Å². The number of hydrogen-bond donors (Lipinski definition) is 1. The first-order valence-electron chi connectivity index (χ1n) is 13.5.